The molecule has 1 aliphatic rings. The third kappa shape index (κ3) is 2.12. The molecule has 1 aliphatic heterocycles. The molecular formula is C10H11BrO3. The van der Waals surface area contributed by atoms with Gasteiger partial charge in [0, 0.05) is 11.4 Å². The summed E-state index contributed by atoms with van der Waals surface area (Å²) in [7, 11) is 0. The maximum atomic E-state index is 5.51. The number of ether oxygens (including phenoxy) is 3. The van der Waals surface area contributed by atoms with E-state index < -0.39 is 0 Å². The van der Waals surface area contributed by atoms with Crippen LogP contribution < -0.4 is 14.2 Å². The lowest BCUT2D eigenvalue weighted by atomic mass is 10.3. The summed E-state index contributed by atoms with van der Waals surface area (Å²) in [6, 6.07) is 5.62. The molecule has 0 radical (unpaired) electrons. The molecule has 2 rings (SSSR count). The van der Waals surface area contributed by atoms with Crippen molar-refractivity contribution < 1.29 is 14.2 Å². The van der Waals surface area contributed by atoms with Crippen LogP contribution in [-0.4, -0.2) is 18.7 Å². The quantitative estimate of drug-likeness (QED) is 0.614. The fourth-order valence-electron chi connectivity index (χ4n) is 1.21. The average Bonchev–Trinajstić information content (AvgIpc) is 2.65. The first-order valence-electron chi connectivity index (χ1n) is 4.48. The van der Waals surface area contributed by atoms with Crippen molar-refractivity contribution in [1.82, 2.24) is 0 Å². The fraction of sp³-hybridized carbons (Fsp3) is 0.400. The average molecular weight is 259 g/mol. The minimum absolute atomic E-state index is 0.306. The van der Waals surface area contributed by atoms with E-state index in [1.54, 1.807) is 0 Å². The molecule has 0 aliphatic carbocycles. The maximum absolute atomic E-state index is 5.51. The largest absolute Gasteiger partial charge is 0.493 e. The van der Waals surface area contributed by atoms with Gasteiger partial charge in [-0.1, -0.05) is 15.9 Å². The number of hydrogen-bond donors (Lipinski definition) is 0. The van der Waals surface area contributed by atoms with Crippen LogP contribution in [0.25, 0.3) is 0 Å². The third-order valence-corrected chi connectivity index (χ3v) is 2.45. The SMILES string of the molecule is BrCCCOc1ccc2c(c1)OCO2. The van der Waals surface area contributed by atoms with Crippen LogP contribution in [0.1, 0.15) is 6.42 Å². The molecule has 3 nitrogen and oxygen atoms in total. The Morgan fingerprint density at radius 2 is 2.14 bits per heavy atom. The van der Waals surface area contributed by atoms with E-state index in [2.05, 4.69) is 15.9 Å². The molecule has 0 aromatic heterocycles. The second kappa shape index (κ2) is 4.55. The summed E-state index contributed by atoms with van der Waals surface area (Å²) in [5, 5.41) is 0.956. The fourth-order valence-corrected chi connectivity index (χ4v) is 1.44. The summed E-state index contributed by atoms with van der Waals surface area (Å²) < 4.78 is 15.9. The predicted octanol–water partition coefficient (Wildman–Crippen LogP) is 2.58. The van der Waals surface area contributed by atoms with Crippen molar-refractivity contribution >= 4 is 15.9 Å². The van der Waals surface area contributed by atoms with Gasteiger partial charge in [-0.3, -0.25) is 0 Å². The van der Waals surface area contributed by atoms with Gasteiger partial charge in [0.05, 0.1) is 6.61 Å². The summed E-state index contributed by atoms with van der Waals surface area (Å²) in [5.41, 5.74) is 0. The van der Waals surface area contributed by atoms with Crippen molar-refractivity contribution in [2.75, 3.05) is 18.7 Å². The number of benzene rings is 1. The van der Waals surface area contributed by atoms with Crippen molar-refractivity contribution in [1.29, 1.82) is 0 Å². The van der Waals surface area contributed by atoms with Gasteiger partial charge in [0.15, 0.2) is 11.5 Å². The van der Waals surface area contributed by atoms with Crippen molar-refractivity contribution in [2.45, 2.75) is 6.42 Å². The zero-order valence-corrected chi connectivity index (χ0v) is 9.25. The van der Waals surface area contributed by atoms with Gasteiger partial charge >= 0.3 is 0 Å². The molecule has 1 aromatic carbocycles. The van der Waals surface area contributed by atoms with E-state index in [0.29, 0.717) is 13.4 Å². The summed E-state index contributed by atoms with van der Waals surface area (Å²) in [5.74, 6) is 2.38. The molecule has 0 unspecified atom stereocenters. The Balaban J connectivity index is 1.98. The highest BCUT2D eigenvalue weighted by Crippen LogP contribution is 2.34. The second-order valence-electron chi connectivity index (χ2n) is 2.91. The van der Waals surface area contributed by atoms with Crippen molar-refractivity contribution in [3.63, 3.8) is 0 Å². The minimum atomic E-state index is 0.306. The number of fused-ring (bicyclic) bond motifs is 1. The Bertz CT molecular complexity index is 314. The van der Waals surface area contributed by atoms with E-state index in [-0.39, 0.29) is 0 Å². The molecule has 0 amide bonds. The van der Waals surface area contributed by atoms with Crippen LogP contribution in [-0.2, 0) is 0 Å². The van der Waals surface area contributed by atoms with Crippen LogP contribution in [0.3, 0.4) is 0 Å². The van der Waals surface area contributed by atoms with Gasteiger partial charge in [-0.15, -0.1) is 0 Å². The van der Waals surface area contributed by atoms with E-state index in [9.17, 15) is 0 Å². The molecule has 0 bridgehead atoms. The van der Waals surface area contributed by atoms with Crippen LogP contribution in [0.4, 0.5) is 0 Å². The van der Waals surface area contributed by atoms with Gasteiger partial charge in [-0.05, 0) is 18.6 Å². The normalized spacial score (nSPS) is 12.9. The van der Waals surface area contributed by atoms with E-state index in [1.807, 2.05) is 18.2 Å². The molecular weight excluding hydrogens is 248 g/mol. The molecule has 0 saturated heterocycles. The first-order chi connectivity index (χ1) is 6.90. The van der Waals surface area contributed by atoms with Crippen molar-refractivity contribution in [2.24, 2.45) is 0 Å². The maximum Gasteiger partial charge on any atom is 0.231 e. The number of halogens is 1. The summed E-state index contributed by atoms with van der Waals surface area (Å²) in [4.78, 5) is 0. The van der Waals surface area contributed by atoms with E-state index in [1.165, 1.54) is 0 Å². The first-order valence-corrected chi connectivity index (χ1v) is 5.61. The zero-order valence-electron chi connectivity index (χ0n) is 7.66. The minimum Gasteiger partial charge on any atom is -0.493 e. The Morgan fingerprint density at radius 1 is 1.29 bits per heavy atom. The molecule has 1 aromatic rings. The van der Waals surface area contributed by atoms with E-state index in [0.717, 1.165) is 29.0 Å². The molecule has 4 heteroatoms. The Hall–Kier alpha value is -0.900. The molecule has 1 heterocycles. The third-order valence-electron chi connectivity index (χ3n) is 1.89. The van der Waals surface area contributed by atoms with Crippen LogP contribution in [0.15, 0.2) is 18.2 Å². The number of rotatable bonds is 4. The van der Waals surface area contributed by atoms with Crippen molar-refractivity contribution in [3.05, 3.63) is 18.2 Å². The highest BCUT2D eigenvalue weighted by Gasteiger charge is 2.13. The van der Waals surface area contributed by atoms with E-state index >= 15 is 0 Å². The van der Waals surface area contributed by atoms with Crippen molar-refractivity contribution in [3.8, 4) is 17.2 Å². The lowest BCUT2D eigenvalue weighted by Gasteiger charge is -2.05. The molecule has 76 valence electrons. The van der Waals surface area contributed by atoms with Gasteiger partial charge in [0.1, 0.15) is 5.75 Å². The number of alkyl halides is 1. The highest BCUT2D eigenvalue weighted by molar-refractivity contribution is 9.09. The summed E-state index contributed by atoms with van der Waals surface area (Å²) in [6.07, 6.45) is 0.994. The monoisotopic (exact) mass is 258 g/mol. The Morgan fingerprint density at radius 3 is 3.00 bits per heavy atom. The Labute approximate surface area is 91.1 Å². The van der Waals surface area contributed by atoms with Gasteiger partial charge in [-0.25, -0.2) is 0 Å². The molecule has 14 heavy (non-hydrogen) atoms. The van der Waals surface area contributed by atoms with Gasteiger partial charge in [0.2, 0.25) is 6.79 Å². The highest BCUT2D eigenvalue weighted by atomic mass is 79.9. The van der Waals surface area contributed by atoms with E-state index in [4.69, 9.17) is 14.2 Å². The van der Waals surface area contributed by atoms with Crippen LogP contribution in [0.2, 0.25) is 0 Å². The lowest BCUT2D eigenvalue weighted by molar-refractivity contribution is 0.173. The van der Waals surface area contributed by atoms with Crippen LogP contribution in [0.5, 0.6) is 17.2 Å². The van der Waals surface area contributed by atoms with Gasteiger partial charge in [-0.2, -0.15) is 0 Å². The molecule has 0 N–H and O–H groups in total. The second-order valence-corrected chi connectivity index (χ2v) is 3.70. The topological polar surface area (TPSA) is 27.7 Å². The van der Waals surface area contributed by atoms with Crippen LogP contribution in [0, 0.1) is 0 Å². The molecule has 0 fully saturated rings. The molecule has 0 spiro atoms. The van der Waals surface area contributed by atoms with Gasteiger partial charge < -0.3 is 14.2 Å². The summed E-state index contributed by atoms with van der Waals surface area (Å²) in [6.45, 7) is 1.02. The van der Waals surface area contributed by atoms with Gasteiger partial charge in [0.25, 0.3) is 0 Å². The predicted molar refractivity (Wildman–Crippen MR) is 56.5 cm³/mol. The smallest absolute Gasteiger partial charge is 0.231 e. The lowest BCUT2D eigenvalue weighted by Crippen LogP contribution is -1.97. The standard InChI is InChI=1S/C10H11BrO3/c11-4-1-5-12-8-2-3-9-10(6-8)14-7-13-9/h2-3,6H,1,4-5,7H2. The number of hydrogen-bond acceptors (Lipinski definition) is 3. The van der Waals surface area contributed by atoms with Crippen LogP contribution >= 0.6 is 15.9 Å². The Kier molecular flexibility index (Phi) is 3.14. The summed E-state index contributed by atoms with van der Waals surface area (Å²) >= 11 is 3.35. The molecule has 0 saturated carbocycles. The zero-order chi connectivity index (χ0) is 9.80. The molecule has 0 atom stereocenters. The first kappa shape index (κ1) is 9.65.